The second-order valence-electron chi connectivity index (χ2n) is 3.04. The zero-order valence-electron chi connectivity index (χ0n) is 8.97. The van der Waals surface area contributed by atoms with Gasteiger partial charge in [0.15, 0.2) is 6.04 Å². The fourth-order valence-corrected chi connectivity index (χ4v) is 1.02. The molecule has 1 amide bonds. The van der Waals surface area contributed by atoms with Crippen LogP contribution in [0.5, 0.6) is 0 Å². The highest BCUT2D eigenvalue weighted by Crippen LogP contribution is 1.93. The molecule has 0 aliphatic rings. The molecule has 1 atom stereocenters. The predicted molar refractivity (Wildman–Crippen MR) is 55.2 cm³/mol. The van der Waals surface area contributed by atoms with Crippen LogP contribution in [0.15, 0.2) is 16.9 Å². The highest BCUT2D eigenvalue weighted by atomic mass is 16.5. The fourth-order valence-electron chi connectivity index (χ4n) is 1.02. The van der Waals surface area contributed by atoms with Crippen LogP contribution in [0.2, 0.25) is 0 Å². The fraction of sp³-hybridized carbons (Fsp3) is 0.333. The van der Waals surface area contributed by atoms with Crippen molar-refractivity contribution in [1.82, 2.24) is 15.5 Å². The second-order valence-corrected chi connectivity index (χ2v) is 3.04. The predicted octanol–water partition coefficient (Wildman–Crippen LogP) is -1.97. The molecule has 0 spiro atoms. The summed E-state index contributed by atoms with van der Waals surface area (Å²) >= 11 is 0. The summed E-state index contributed by atoms with van der Waals surface area (Å²) < 4.78 is 4.37. The number of aliphatic hydroxyl groups excluding tert-OH is 1. The quantitative estimate of drug-likeness (QED) is 0.526. The van der Waals surface area contributed by atoms with E-state index in [2.05, 4.69) is 20.3 Å². The van der Waals surface area contributed by atoms with Crippen LogP contribution in [0.3, 0.4) is 0 Å². The molecule has 1 heterocycles. The van der Waals surface area contributed by atoms with Crippen molar-refractivity contribution in [2.24, 2.45) is 0 Å². The normalized spacial score (nSPS) is 11.6. The van der Waals surface area contributed by atoms with Crippen LogP contribution in [-0.4, -0.2) is 46.9 Å². The maximum absolute atomic E-state index is 11.5. The van der Waals surface area contributed by atoms with Gasteiger partial charge in [0, 0.05) is 6.07 Å². The Bertz CT molecular complexity index is 449. The lowest BCUT2D eigenvalue weighted by Crippen LogP contribution is -2.44. The first-order chi connectivity index (χ1) is 8.08. The molecule has 1 aromatic heterocycles. The molecule has 1 rings (SSSR count). The largest absolute Gasteiger partial charge is 0.467 e. The Morgan fingerprint density at radius 1 is 1.59 bits per heavy atom. The van der Waals surface area contributed by atoms with E-state index in [4.69, 9.17) is 5.11 Å². The highest BCUT2D eigenvalue weighted by Gasteiger charge is 2.21. The number of rotatable bonds is 4. The summed E-state index contributed by atoms with van der Waals surface area (Å²) in [7, 11) is 1.13. The van der Waals surface area contributed by atoms with Crippen LogP contribution < -0.4 is 10.9 Å². The highest BCUT2D eigenvalue weighted by molar-refractivity contribution is 5.95. The number of carbonyl (C=O) groups is 2. The summed E-state index contributed by atoms with van der Waals surface area (Å²) in [5, 5.41) is 16.6. The van der Waals surface area contributed by atoms with Gasteiger partial charge in [0.2, 0.25) is 0 Å². The molecule has 0 aliphatic heterocycles. The van der Waals surface area contributed by atoms with Crippen molar-refractivity contribution < 1.29 is 19.4 Å². The summed E-state index contributed by atoms with van der Waals surface area (Å²) in [6.07, 6.45) is 0. The summed E-state index contributed by atoms with van der Waals surface area (Å²) in [5.74, 6) is -1.48. The van der Waals surface area contributed by atoms with Crippen molar-refractivity contribution >= 4 is 11.9 Å². The minimum absolute atomic E-state index is 0.0769. The molecule has 0 saturated heterocycles. The first kappa shape index (κ1) is 12.8. The number of carbonyl (C=O) groups excluding carboxylic acids is 2. The van der Waals surface area contributed by atoms with E-state index in [0.717, 1.165) is 13.2 Å². The van der Waals surface area contributed by atoms with Gasteiger partial charge in [0.1, 0.15) is 5.69 Å². The second kappa shape index (κ2) is 5.75. The van der Waals surface area contributed by atoms with E-state index in [0.29, 0.717) is 0 Å². The Kier molecular flexibility index (Phi) is 4.35. The Hall–Kier alpha value is -2.22. The minimum Gasteiger partial charge on any atom is -0.467 e. The number of aromatic nitrogens is 2. The average Bonchev–Trinajstić information content (AvgIpc) is 2.35. The number of aliphatic hydroxyl groups is 1. The molecule has 8 heteroatoms. The molecule has 1 aromatic rings. The van der Waals surface area contributed by atoms with Crippen molar-refractivity contribution in [1.29, 1.82) is 0 Å². The lowest BCUT2D eigenvalue weighted by molar-refractivity contribution is -0.143. The third-order valence-electron chi connectivity index (χ3n) is 1.89. The molecular weight excluding hydrogens is 230 g/mol. The van der Waals surface area contributed by atoms with Gasteiger partial charge in [-0.1, -0.05) is 0 Å². The number of esters is 1. The molecule has 92 valence electrons. The minimum atomic E-state index is -1.17. The number of ether oxygens (including phenoxy) is 1. The third-order valence-corrected chi connectivity index (χ3v) is 1.89. The zero-order chi connectivity index (χ0) is 12.8. The van der Waals surface area contributed by atoms with Crippen molar-refractivity contribution in [2.75, 3.05) is 13.7 Å². The monoisotopic (exact) mass is 241 g/mol. The van der Waals surface area contributed by atoms with E-state index in [1.54, 1.807) is 0 Å². The van der Waals surface area contributed by atoms with Gasteiger partial charge in [-0.2, -0.15) is 5.10 Å². The van der Waals surface area contributed by atoms with Crippen LogP contribution in [0, 0.1) is 0 Å². The summed E-state index contributed by atoms with van der Waals surface area (Å²) in [6, 6.07) is 1.15. The Balaban J connectivity index is 2.74. The molecule has 3 N–H and O–H groups in total. The lowest BCUT2D eigenvalue weighted by Gasteiger charge is -2.12. The van der Waals surface area contributed by atoms with E-state index >= 15 is 0 Å². The molecule has 0 aromatic carbocycles. The zero-order valence-corrected chi connectivity index (χ0v) is 8.97. The van der Waals surface area contributed by atoms with E-state index < -0.39 is 30.1 Å². The van der Waals surface area contributed by atoms with Gasteiger partial charge in [-0.3, -0.25) is 9.59 Å². The molecule has 0 saturated carbocycles. The topological polar surface area (TPSA) is 121 Å². The Morgan fingerprint density at radius 3 is 2.76 bits per heavy atom. The average molecular weight is 241 g/mol. The van der Waals surface area contributed by atoms with Gasteiger partial charge in [-0.05, 0) is 6.07 Å². The van der Waals surface area contributed by atoms with Gasteiger partial charge in [-0.15, -0.1) is 0 Å². The molecule has 0 fully saturated rings. The van der Waals surface area contributed by atoms with Gasteiger partial charge in [-0.25, -0.2) is 9.89 Å². The van der Waals surface area contributed by atoms with Crippen molar-refractivity contribution in [2.45, 2.75) is 6.04 Å². The summed E-state index contributed by atoms with van der Waals surface area (Å²) in [5.41, 5.74) is -0.528. The van der Waals surface area contributed by atoms with Crippen molar-refractivity contribution in [3.8, 4) is 0 Å². The standard InChI is InChI=1S/C9H11N3O5/c1-17-9(16)6(4-13)10-8(15)5-2-3-7(14)12-11-5/h2-3,6,13H,4H2,1H3,(H,10,15)(H,12,14). The molecule has 0 aliphatic carbocycles. The molecule has 8 nitrogen and oxygen atoms in total. The molecule has 0 radical (unpaired) electrons. The van der Waals surface area contributed by atoms with Crippen LogP contribution >= 0.6 is 0 Å². The third kappa shape index (κ3) is 3.38. The molecule has 0 bridgehead atoms. The number of hydrogen-bond acceptors (Lipinski definition) is 6. The van der Waals surface area contributed by atoms with Crippen molar-refractivity contribution in [3.63, 3.8) is 0 Å². The van der Waals surface area contributed by atoms with Crippen LogP contribution in [0.4, 0.5) is 0 Å². The van der Waals surface area contributed by atoms with E-state index in [1.807, 2.05) is 0 Å². The number of nitrogens with one attached hydrogen (secondary N) is 2. The van der Waals surface area contributed by atoms with E-state index in [1.165, 1.54) is 6.07 Å². The van der Waals surface area contributed by atoms with Gasteiger partial charge < -0.3 is 15.2 Å². The molecule has 1 unspecified atom stereocenters. The number of nitrogens with zero attached hydrogens (tertiary/aromatic N) is 1. The first-order valence-electron chi connectivity index (χ1n) is 4.63. The van der Waals surface area contributed by atoms with Gasteiger partial charge in [0.05, 0.1) is 13.7 Å². The van der Waals surface area contributed by atoms with Crippen LogP contribution in [0.1, 0.15) is 10.5 Å². The van der Waals surface area contributed by atoms with E-state index in [9.17, 15) is 14.4 Å². The SMILES string of the molecule is COC(=O)C(CO)NC(=O)c1ccc(=O)[nH]n1. The molecule has 17 heavy (non-hydrogen) atoms. The number of amides is 1. The van der Waals surface area contributed by atoms with Gasteiger partial charge >= 0.3 is 5.97 Å². The number of methoxy groups -OCH3 is 1. The van der Waals surface area contributed by atoms with Gasteiger partial charge in [0.25, 0.3) is 11.5 Å². The Morgan fingerprint density at radius 2 is 2.29 bits per heavy atom. The number of aromatic amines is 1. The van der Waals surface area contributed by atoms with Crippen LogP contribution in [0.25, 0.3) is 0 Å². The summed E-state index contributed by atoms with van der Waals surface area (Å²) in [6.45, 7) is -0.595. The molecular formula is C9H11N3O5. The maximum Gasteiger partial charge on any atom is 0.330 e. The summed E-state index contributed by atoms with van der Waals surface area (Å²) in [4.78, 5) is 33.3. The van der Waals surface area contributed by atoms with E-state index in [-0.39, 0.29) is 5.69 Å². The Labute approximate surface area is 95.6 Å². The van der Waals surface area contributed by atoms with Crippen molar-refractivity contribution in [3.05, 3.63) is 28.2 Å². The first-order valence-corrected chi connectivity index (χ1v) is 4.63. The number of hydrogen-bond donors (Lipinski definition) is 3. The number of H-pyrrole nitrogens is 1. The van der Waals surface area contributed by atoms with Crippen LogP contribution in [-0.2, 0) is 9.53 Å². The lowest BCUT2D eigenvalue weighted by atomic mass is 10.3. The maximum atomic E-state index is 11.5. The smallest absolute Gasteiger partial charge is 0.330 e.